The fourth-order valence-corrected chi connectivity index (χ4v) is 5.90. The average Bonchev–Trinajstić information content (AvgIpc) is 3.62. The number of hydrogen-bond donors (Lipinski definition) is 1. The van der Waals surface area contributed by atoms with Crippen molar-refractivity contribution in [3.63, 3.8) is 0 Å². The molecule has 1 heterocycles. The van der Waals surface area contributed by atoms with E-state index in [2.05, 4.69) is 35.4 Å². The predicted molar refractivity (Wildman–Crippen MR) is 143 cm³/mol. The van der Waals surface area contributed by atoms with Crippen LogP contribution >= 0.6 is 0 Å². The summed E-state index contributed by atoms with van der Waals surface area (Å²) in [5.41, 5.74) is 2.39. The van der Waals surface area contributed by atoms with Crippen LogP contribution in [0.15, 0.2) is 42.5 Å². The molecule has 2 fully saturated rings. The van der Waals surface area contributed by atoms with Crippen molar-refractivity contribution in [3.8, 4) is 11.5 Å². The number of carbonyl (C=O) groups excluding carboxylic acids is 1. The highest BCUT2D eigenvalue weighted by molar-refractivity contribution is 5.82. The third-order valence-corrected chi connectivity index (χ3v) is 7.58. The van der Waals surface area contributed by atoms with E-state index in [1.165, 1.54) is 24.3 Å². The average molecular weight is 545 g/mol. The molecule has 1 aromatic heterocycles. The summed E-state index contributed by atoms with van der Waals surface area (Å²) in [5, 5.41) is 3.31. The van der Waals surface area contributed by atoms with E-state index < -0.39 is 6.36 Å². The first kappa shape index (κ1) is 27.1. The third-order valence-electron chi connectivity index (χ3n) is 7.58. The molecule has 10 heteroatoms. The topological polar surface area (TPSA) is 68.6 Å². The highest BCUT2D eigenvalue weighted by Crippen LogP contribution is 2.46. The van der Waals surface area contributed by atoms with Crippen LogP contribution < -0.4 is 14.8 Å². The number of fused-ring (bicyclic) bond motifs is 1. The Balaban J connectivity index is 1.43. The van der Waals surface area contributed by atoms with Gasteiger partial charge in [-0.1, -0.05) is 20.8 Å². The van der Waals surface area contributed by atoms with Crippen LogP contribution in [-0.2, 0) is 4.79 Å². The summed E-state index contributed by atoms with van der Waals surface area (Å²) in [4.78, 5) is 19.0. The number of likely N-dealkylation sites (N-methyl/N-ethyl adjacent to an activating group) is 1. The summed E-state index contributed by atoms with van der Waals surface area (Å²) >= 11 is 0. The summed E-state index contributed by atoms with van der Waals surface area (Å²) in [5.74, 6) is 1.35. The van der Waals surface area contributed by atoms with Gasteiger partial charge in [-0.05, 0) is 79.8 Å². The molecule has 0 spiro atoms. The van der Waals surface area contributed by atoms with Gasteiger partial charge in [-0.2, -0.15) is 0 Å². The van der Waals surface area contributed by atoms with Crippen molar-refractivity contribution in [2.24, 2.45) is 11.3 Å². The lowest BCUT2D eigenvalue weighted by Gasteiger charge is -2.40. The zero-order valence-electron chi connectivity index (χ0n) is 22.7. The molecular formula is C29H35F3N4O3. The fourth-order valence-electron chi connectivity index (χ4n) is 5.90. The second kappa shape index (κ2) is 10.3. The van der Waals surface area contributed by atoms with Gasteiger partial charge in [0.05, 0.1) is 11.0 Å². The van der Waals surface area contributed by atoms with Crippen molar-refractivity contribution in [2.75, 3.05) is 19.0 Å². The minimum Gasteiger partial charge on any atom is -0.484 e. The summed E-state index contributed by atoms with van der Waals surface area (Å²) in [6.07, 6.45) is 0.427. The Morgan fingerprint density at radius 1 is 1.13 bits per heavy atom. The van der Waals surface area contributed by atoms with E-state index in [9.17, 15) is 18.0 Å². The molecule has 1 amide bonds. The molecule has 1 unspecified atom stereocenters. The van der Waals surface area contributed by atoms with Crippen LogP contribution in [-0.4, -0.2) is 46.4 Å². The molecule has 2 saturated carbocycles. The van der Waals surface area contributed by atoms with Gasteiger partial charge < -0.3 is 24.3 Å². The number of anilines is 2. The van der Waals surface area contributed by atoms with Crippen LogP contribution in [0.25, 0.3) is 11.0 Å². The van der Waals surface area contributed by atoms with Crippen LogP contribution in [0.5, 0.6) is 11.5 Å². The molecule has 39 heavy (non-hydrogen) atoms. The maximum absolute atomic E-state index is 12.6. The molecule has 2 aliphatic rings. The molecule has 2 aromatic carbocycles. The summed E-state index contributed by atoms with van der Waals surface area (Å²) in [6.45, 7) is 6.79. The fraction of sp³-hybridized carbons (Fsp3) is 0.517. The maximum atomic E-state index is 12.6. The number of benzene rings is 2. The molecule has 1 N–H and O–H groups in total. The Bertz CT molecular complexity index is 1330. The second-order valence-electron chi connectivity index (χ2n) is 11.7. The Hall–Kier alpha value is -3.43. The van der Waals surface area contributed by atoms with Gasteiger partial charge in [0.2, 0.25) is 5.95 Å². The summed E-state index contributed by atoms with van der Waals surface area (Å²) in [7, 11) is 1.81. The van der Waals surface area contributed by atoms with E-state index in [4.69, 9.17) is 9.72 Å². The minimum atomic E-state index is -4.74. The zero-order valence-corrected chi connectivity index (χ0v) is 22.7. The van der Waals surface area contributed by atoms with E-state index in [-0.39, 0.29) is 29.7 Å². The van der Waals surface area contributed by atoms with E-state index >= 15 is 0 Å². The Morgan fingerprint density at radius 2 is 1.82 bits per heavy atom. The van der Waals surface area contributed by atoms with E-state index in [1.54, 1.807) is 11.9 Å². The van der Waals surface area contributed by atoms with Crippen molar-refractivity contribution < 1.29 is 27.4 Å². The quantitative estimate of drug-likeness (QED) is 0.329. The van der Waals surface area contributed by atoms with Crippen LogP contribution in [0.1, 0.15) is 58.9 Å². The van der Waals surface area contributed by atoms with Crippen LogP contribution in [0.4, 0.5) is 24.8 Å². The van der Waals surface area contributed by atoms with Gasteiger partial charge in [-0.25, -0.2) is 4.98 Å². The van der Waals surface area contributed by atoms with Crippen molar-refractivity contribution in [1.29, 1.82) is 0 Å². The summed E-state index contributed by atoms with van der Waals surface area (Å²) in [6, 6.07) is 11.8. The van der Waals surface area contributed by atoms with Crippen molar-refractivity contribution in [3.05, 3.63) is 42.5 Å². The van der Waals surface area contributed by atoms with Crippen molar-refractivity contribution in [1.82, 2.24) is 14.5 Å². The molecule has 3 aromatic rings. The molecule has 0 bridgehead atoms. The lowest BCUT2D eigenvalue weighted by atomic mass is 9.70. The Morgan fingerprint density at radius 3 is 2.46 bits per heavy atom. The highest BCUT2D eigenvalue weighted by Gasteiger charge is 2.35. The number of hydrogen-bond acceptors (Lipinski definition) is 5. The molecule has 5 rings (SSSR count). The molecule has 7 nitrogen and oxygen atoms in total. The van der Waals surface area contributed by atoms with Crippen molar-refractivity contribution in [2.45, 2.75) is 71.3 Å². The molecular weight excluding hydrogens is 509 g/mol. The first-order valence-electron chi connectivity index (χ1n) is 13.4. The monoisotopic (exact) mass is 544 g/mol. The van der Waals surface area contributed by atoms with E-state index in [0.717, 1.165) is 37.6 Å². The first-order valence-corrected chi connectivity index (χ1v) is 13.4. The van der Waals surface area contributed by atoms with Gasteiger partial charge in [0, 0.05) is 30.9 Å². The normalized spacial score (nSPS) is 21.0. The van der Waals surface area contributed by atoms with Crippen LogP contribution in [0.3, 0.4) is 0 Å². The predicted octanol–water partition coefficient (Wildman–Crippen LogP) is 7.07. The van der Waals surface area contributed by atoms with Gasteiger partial charge in [0.1, 0.15) is 11.5 Å². The number of alkyl halides is 3. The lowest BCUT2D eigenvalue weighted by Crippen LogP contribution is -2.33. The number of aromatic nitrogens is 2. The number of carbonyl (C=O) groups is 1. The first-order chi connectivity index (χ1) is 18.4. The van der Waals surface area contributed by atoms with E-state index in [1.807, 2.05) is 18.2 Å². The zero-order chi connectivity index (χ0) is 27.9. The Kier molecular flexibility index (Phi) is 7.15. The SMILES string of the molecule is C[C@H]1CC(n2c(Nc3ccc(OC(F)(F)F)cc3)nc3cc(OCC(=O)N(C)C4CC4)ccc32)CC(C)(C)C1. The lowest BCUT2D eigenvalue weighted by molar-refractivity contribution is -0.274. The number of halogens is 3. The van der Waals surface area contributed by atoms with E-state index in [0.29, 0.717) is 34.9 Å². The smallest absolute Gasteiger partial charge is 0.484 e. The number of rotatable bonds is 8. The largest absolute Gasteiger partial charge is 0.573 e. The van der Waals surface area contributed by atoms with Gasteiger partial charge in [0.15, 0.2) is 6.61 Å². The minimum absolute atomic E-state index is 0.0367. The van der Waals surface area contributed by atoms with Crippen LogP contribution in [0, 0.1) is 11.3 Å². The van der Waals surface area contributed by atoms with Crippen LogP contribution in [0.2, 0.25) is 0 Å². The maximum Gasteiger partial charge on any atom is 0.573 e. The number of imidazole rings is 1. The van der Waals surface area contributed by atoms with Gasteiger partial charge in [-0.15, -0.1) is 13.2 Å². The second-order valence-corrected chi connectivity index (χ2v) is 11.7. The van der Waals surface area contributed by atoms with Gasteiger partial charge in [0.25, 0.3) is 5.91 Å². The molecule has 0 saturated heterocycles. The van der Waals surface area contributed by atoms with Gasteiger partial charge >= 0.3 is 6.36 Å². The van der Waals surface area contributed by atoms with Gasteiger partial charge in [-0.3, -0.25) is 4.79 Å². The number of nitrogens with one attached hydrogen (secondary N) is 1. The number of ether oxygens (including phenoxy) is 2. The number of nitrogens with zero attached hydrogens (tertiary/aromatic N) is 3. The standard InChI is InChI=1S/C29H35F3N4O3/c1-18-13-21(16-28(2,3)15-18)36-25-12-11-23(38-17-26(37)35(4)20-7-8-20)14-24(25)34-27(36)33-19-5-9-22(10-6-19)39-29(30,31)32/h5-6,9-12,14,18,20-21H,7-8,13,15-17H2,1-4H3,(H,33,34)/t18-,21?/m0/s1. The molecule has 2 atom stereocenters. The molecule has 210 valence electrons. The highest BCUT2D eigenvalue weighted by atomic mass is 19.4. The molecule has 2 aliphatic carbocycles. The third kappa shape index (κ3) is 6.59. The molecule has 0 radical (unpaired) electrons. The summed E-state index contributed by atoms with van der Waals surface area (Å²) < 4.78 is 49.8. The van der Waals surface area contributed by atoms with Crippen molar-refractivity contribution >= 4 is 28.6 Å². The number of amides is 1. The Labute approximate surface area is 226 Å². The molecule has 0 aliphatic heterocycles.